The molecule has 0 aromatic carbocycles. The van der Waals surface area contributed by atoms with Crippen LogP contribution in [0.15, 0.2) is 24.4 Å². The maximum atomic E-state index is 12.6. The van der Waals surface area contributed by atoms with Gasteiger partial charge in [-0.25, -0.2) is 4.98 Å². The van der Waals surface area contributed by atoms with Crippen LogP contribution in [-0.2, 0) is 5.54 Å². The lowest BCUT2D eigenvalue weighted by molar-refractivity contribution is 0.0876. The monoisotopic (exact) mass is 461 g/mol. The van der Waals surface area contributed by atoms with E-state index in [1.165, 1.54) is 12.8 Å². The third-order valence-electron chi connectivity index (χ3n) is 7.77. The van der Waals surface area contributed by atoms with Crippen LogP contribution in [0.4, 0.5) is 17.6 Å². The Labute approximate surface area is 198 Å². The molecule has 2 fully saturated rings. The molecule has 10 nitrogen and oxygen atoms in total. The van der Waals surface area contributed by atoms with E-state index in [0.29, 0.717) is 30.0 Å². The molecule has 3 aromatic rings. The molecule has 1 spiro atoms. The van der Waals surface area contributed by atoms with Crippen molar-refractivity contribution in [2.45, 2.75) is 50.1 Å². The van der Waals surface area contributed by atoms with Gasteiger partial charge in [0.05, 0.1) is 5.54 Å². The zero-order valence-electron chi connectivity index (χ0n) is 19.8. The van der Waals surface area contributed by atoms with Gasteiger partial charge in [-0.05, 0) is 58.0 Å². The average Bonchev–Trinajstić information content (AvgIpc) is 3.48. The first-order chi connectivity index (χ1) is 16.5. The Hall–Kier alpha value is -3.27. The molecule has 6 rings (SSSR count). The van der Waals surface area contributed by atoms with Crippen molar-refractivity contribution in [3.63, 3.8) is 0 Å². The SMILES string of the molecule is CN(C)C1CCN(c2ccc(Nc3ncc4cc5n(c4n3)C3(CCCC3)CNC5=O)nn2)CC1. The molecule has 1 aliphatic carbocycles. The summed E-state index contributed by atoms with van der Waals surface area (Å²) in [5.41, 5.74) is 1.40. The largest absolute Gasteiger partial charge is 0.355 e. The highest BCUT2D eigenvalue weighted by Gasteiger charge is 2.42. The summed E-state index contributed by atoms with van der Waals surface area (Å²) in [4.78, 5) is 26.4. The van der Waals surface area contributed by atoms with Gasteiger partial charge in [-0.15, -0.1) is 10.2 Å². The van der Waals surface area contributed by atoms with Crippen LogP contribution in [0.2, 0.25) is 0 Å². The molecule has 1 saturated heterocycles. The van der Waals surface area contributed by atoms with Crippen molar-refractivity contribution in [3.8, 4) is 0 Å². The fourth-order valence-electron chi connectivity index (χ4n) is 5.83. The zero-order valence-corrected chi connectivity index (χ0v) is 19.8. The van der Waals surface area contributed by atoms with Gasteiger partial charge in [0.25, 0.3) is 5.91 Å². The maximum Gasteiger partial charge on any atom is 0.268 e. The number of carbonyl (C=O) groups is 1. The standard InChI is InChI=1S/C24H31N9O/c1-31(2)17-7-11-32(12-8-17)20-6-5-19(29-30-20)27-23-25-14-16-13-18-22(34)26-15-24(9-3-4-10-24)33(18)21(16)28-23/h5-6,13-14,17H,3-4,7-12,15H2,1-2H3,(H,26,34)(H,25,27,28,29). The summed E-state index contributed by atoms with van der Waals surface area (Å²) < 4.78 is 2.16. The number of anilines is 3. The van der Waals surface area contributed by atoms with Crippen molar-refractivity contribution in [3.05, 3.63) is 30.1 Å². The van der Waals surface area contributed by atoms with Gasteiger partial charge in [0.1, 0.15) is 11.3 Å². The summed E-state index contributed by atoms with van der Waals surface area (Å²) in [7, 11) is 4.29. The number of nitrogens with zero attached hydrogens (tertiary/aromatic N) is 7. The van der Waals surface area contributed by atoms with E-state index in [-0.39, 0.29) is 11.4 Å². The van der Waals surface area contributed by atoms with E-state index in [9.17, 15) is 4.79 Å². The Morgan fingerprint density at radius 1 is 1.15 bits per heavy atom. The highest BCUT2D eigenvalue weighted by atomic mass is 16.2. The van der Waals surface area contributed by atoms with E-state index >= 15 is 0 Å². The number of hydrogen-bond donors (Lipinski definition) is 2. The summed E-state index contributed by atoms with van der Waals surface area (Å²) in [6.45, 7) is 2.63. The van der Waals surface area contributed by atoms with Crippen molar-refractivity contribution in [1.82, 2.24) is 34.9 Å². The Balaban J connectivity index is 1.23. The Bertz CT molecular complexity index is 1210. The van der Waals surface area contributed by atoms with E-state index in [1.807, 2.05) is 18.2 Å². The first-order valence-corrected chi connectivity index (χ1v) is 12.2. The molecular weight excluding hydrogens is 430 g/mol. The van der Waals surface area contributed by atoms with E-state index < -0.39 is 0 Å². The fourth-order valence-corrected chi connectivity index (χ4v) is 5.83. The van der Waals surface area contributed by atoms with Gasteiger partial charge in [-0.3, -0.25) is 4.79 Å². The molecule has 1 amide bonds. The number of nitrogens with one attached hydrogen (secondary N) is 2. The minimum atomic E-state index is -0.0852. The minimum absolute atomic E-state index is 0.0406. The molecule has 2 N–H and O–H groups in total. The summed E-state index contributed by atoms with van der Waals surface area (Å²) in [5.74, 6) is 1.92. The first kappa shape index (κ1) is 21.3. The molecule has 1 saturated carbocycles. The van der Waals surface area contributed by atoms with Crippen molar-refractivity contribution < 1.29 is 4.79 Å². The van der Waals surface area contributed by atoms with Gasteiger partial charge in [0, 0.05) is 37.3 Å². The second kappa shape index (κ2) is 8.19. The molecule has 34 heavy (non-hydrogen) atoms. The lowest BCUT2D eigenvalue weighted by Crippen LogP contribution is -2.50. The van der Waals surface area contributed by atoms with Crippen LogP contribution in [0, 0.1) is 0 Å². The lowest BCUT2D eigenvalue weighted by atomic mass is 9.94. The number of piperidine rings is 1. The van der Waals surface area contributed by atoms with E-state index in [1.54, 1.807) is 6.20 Å². The summed E-state index contributed by atoms with van der Waals surface area (Å²) >= 11 is 0. The maximum absolute atomic E-state index is 12.6. The third-order valence-corrected chi connectivity index (χ3v) is 7.77. The molecule has 0 atom stereocenters. The average molecular weight is 462 g/mol. The Morgan fingerprint density at radius 3 is 2.65 bits per heavy atom. The second-order valence-corrected chi connectivity index (χ2v) is 10.0. The van der Waals surface area contributed by atoms with Gasteiger partial charge >= 0.3 is 0 Å². The lowest BCUT2D eigenvalue weighted by Gasteiger charge is -2.37. The molecule has 0 unspecified atom stereocenters. The minimum Gasteiger partial charge on any atom is -0.355 e. The predicted octanol–water partition coefficient (Wildman–Crippen LogP) is 2.51. The van der Waals surface area contributed by atoms with Crippen molar-refractivity contribution in [2.75, 3.05) is 43.9 Å². The smallest absolute Gasteiger partial charge is 0.268 e. The summed E-state index contributed by atoms with van der Waals surface area (Å²) in [5, 5.41) is 16.0. The van der Waals surface area contributed by atoms with E-state index in [0.717, 1.165) is 55.6 Å². The van der Waals surface area contributed by atoms with E-state index in [2.05, 4.69) is 54.3 Å². The number of amides is 1. The number of fused-ring (bicyclic) bond motifs is 4. The molecule has 3 aromatic heterocycles. The van der Waals surface area contributed by atoms with Crippen LogP contribution < -0.4 is 15.5 Å². The van der Waals surface area contributed by atoms with E-state index in [4.69, 9.17) is 4.98 Å². The second-order valence-electron chi connectivity index (χ2n) is 10.0. The van der Waals surface area contributed by atoms with Gasteiger partial charge in [-0.1, -0.05) is 12.8 Å². The molecule has 2 aliphatic heterocycles. The molecule has 10 heteroatoms. The number of carbonyl (C=O) groups excluding carboxylic acids is 1. The van der Waals surface area contributed by atoms with Crippen LogP contribution in [-0.4, -0.2) is 75.3 Å². The van der Waals surface area contributed by atoms with Crippen LogP contribution in [0.1, 0.15) is 49.0 Å². The summed E-state index contributed by atoms with van der Waals surface area (Å²) in [6, 6.07) is 6.46. The van der Waals surface area contributed by atoms with Gasteiger partial charge in [0.15, 0.2) is 11.6 Å². The van der Waals surface area contributed by atoms with Crippen LogP contribution in [0.25, 0.3) is 11.0 Å². The molecular formula is C24H31N9O. The predicted molar refractivity (Wildman–Crippen MR) is 131 cm³/mol. The van der Waals surface area contributed by atoms with Crippen molar-refractivity contribution >= 4 is 34.5 Å². The molecule has 0 radical (unpaired) electrons. The zero-order chi connectivity index (χ0) is 23.3. The van der Waals surface area contributed by atoms with Crippen molar-refractivity contribution in [2.24, 2.45) is 0 Å². The van der Waals surface area contributed by atoms with Gasteiger partial charge in [0.2, 0.25) is 5.95 Å². The van der Waals surface area contributed by atoms with Crippen LogP contribution in [0.3, 0.4) is 0 Å². The number of hydrogen-bond acceptors (Lipinski definition) is 8. The number of aromatic nitrogens is 5. The highest BCUT2D eigenvalue weighted by molar-refractivity contribution is 5.99. The number of rotatable bonds is 4. The first-order valence-electron chi connectivity index (χ1n) is 12.2. The van der Waals surface area contributed by atoms with Crippen molar-refractivity contribution in [1.29, 1.82) is 0 Å². The Kier molecular flexibility index (Phi) is 5.13. The molecule has 5 heterocycles. The molecule has 0 bridgehead atoms. The van der Waals surface area contributed by atoms with Gasteiger partial charge in [-0.2, -0.15) is 4.98 Å². The van der Waals surface area contributed by atoms with Crippen LogP contribution in [0.5, 0.6) is 0 Å². The Morgan fingerprint density at radius 2 is 1.94 bits per heavy atom. The summed E-state index contributed by atoms with van der Waals surface area (Å²) in [6.07, 6.45) is 8.47. The highest BCUT2D eigenvalue weighted by Crippen LogP contribution is 2.41. The van der Waals surface area contributed by atoms with Crippen LogP contribution >= 0.6 is 0 Å². The fraction of sp³-hybridized carbons (Fsp3) is 0.542. The normalized spacial score (nSPS) is 20.2. The molecule has 3 aliphatic rings. The van der Waals surface area contributed by atoms with Gasteiger partial charge < -0.3 is 25.0 Å². The quantitative estimate of drug-likeness (QED) is 0.611. The molecule has 178 valence electrons. The third kappa shape index (κ3) is 3.56. The topological polar surface area (TPSA) is 104 Å².